The molecule has 0 spiro atoms. The summed E-state index contributed by atoms with van der Waals surface area (Å²) in [5.41, 5.74) is 2.97. The van der Waals surface area contributed by atoms with Crippen LogP contribution in [0.25, 0.3) is 22.1 Å². The predicted molar refractivity (Wildman–Crippen MR) is 125 cm³/mol. The molecule has 0 amide bonds. The minimum atomic E-state index is -0.365. The summed E-state index contributed by atoms with van der Waals surface area (Å²) < 4.78 is 17.3. The third-order valence-electron chi connectivity index (χ3n) is 5.08. The molecule has 156 valence electrons. The van der Waals surface area contributed by atoms with Crippen LogP contribution in [0.1, 0.15) is 5.56 Å². The summed E-state index contributed by atoms with van der Waals surface area (Å²) in [6.45, 7) is 0.373. The van der Waals surface area contributed by atoms with E-state index in [1.807, 2.05) is 103 Å². The number of para-hydroxylation sites is 1. The Bertz CT molecular complexity index is 1410. The van der Waals surface area contributed by atoms with Crippen molar-refractivity contribution in [1.82, 2.24) is 0 Å². The quantitative estimate of drug-likeness (QED) is 0.283. The van der Waals surface area contributed by atoms with Crippen molar-refractivity contribution in [1.29, 1.82) is 0 Å². The molecule has 0 saturated carbocycles. The van der Waals surface area contributed by atoms with E-state index in [-0.39, 0.29) is 5.63 Å². The fourth-order valence-corrected chi connectivity index (χ4v) is 3.58. The zero-order chi connectivity index (χ0) is 21.8. The maximum atomic E-state index is 12.0. The Morgan fingerprint density at radius 2 is 1.38 bits per heavy atom. The molecule has 4 nitrogen and oxygen atoms in total. The van der Waals surface area contributed by atoms with Crippen molar-refractivity contribution in [2.75, 3.05) is 0 Å². The number of benzene rings is 4. The fourth-order valence-electron chi connectivity index (χ4n) is 3.58. The van der Waals surface area contributed by atoms with Gasteiger partial charge in [0, 0.05) is 17.5 Å². The highest BCUT2D eigenvalue weighted by molar-refractivity contribution is 5.93. The summed E-state index contributed by atoms with van der Waals surface area (Å²) in [4.78, 5) is 12.0. The highest BCUT2D eigenvalue weighted by Gasteiger charge is 2.09. The lowest BCUT2D eigenvalue weighted by atomic mass is 10.0. The molecule has 0 aliphatic heterocycles. The third-order valence-corrected chi connectivity index (χ3v) is 5.08. The van der Waals surface area contributed by atoms with E-state index < -0.39 is 0 Å². The van der Waals surface area contributed by atoms with E-state index in [1.165, 1.54) is 6.07 Å². The van der Waals surface area contributed by atoms with Crippen molar-refractivity contribution in [2.45, 2.75) is 6.61 Å². The number of rotatable bonds is 6. The molecule has 0 bridgehead atoms. The first-order chi connectivity index (χ1) is 15.7. The van der Waals surface area contributed by atoms with E-state index >= 15 is 0 Å². The van der Waals surface area contributed by atoms with E-state index in [4.69, 9.17) is 13.9 Å². The van der Waals surface area contributed by atoms with Gasteiger partial charge in [-0.25, -0.2) is 4.79 Å². The highest BCUT2D eigenvalue weighted by atomic mass is 16.5. The Labute approximate surface area is 185 Å². The Balaban J connectivity index is 1.39. The van der Waals surface area contributed by atoms with Crippen LogP contribution in [0, 0.1) is 0 Å². The molecule has 5 aromatic rings. The molecule has 1 heterocycles. The molecule has 32 heavy (non-hydrogen) atoms. The van der Waals surface area contributed by atoms with Gasteiger partial charge in [-0.05, 0) is 53.1 Å². The minimum absolute atomic E-state index is 0.365. The molecular weight excluding hydrogens is 400 g/mol. The third kappa shape index (κ3) is 4.40. The van der Waals surface area contributed by atoms with Gasteiger partial charge in [0.25, 0.3) is 0 Å². The zero-order valence-corrected chi connectivity index (χ0v) is 17.2. The molecule has 0 fully saturated rings. The van der Waals surface area contributed by atoms with Crippen LogP contribution in [0.5, 0.6) is 17.2 Å². The van der Waals surface area contributed by atoms with Gasteiger partial charge in [-0.1, -0.05) is 60.7 Å². The summed E-state index contributed by atoms with van der Waals surface area (Å²) in [5.74, 6) is 2.19. The number of hydrogen-bond donors (Lipinski definition) is 0. The largest absolute Gasteiger partial charge is 0.489 e. The lowest BCUT2D eigenvalue weighted by molar-refractivity contribution is 0.305. The van der Waals surface area contributed by atoms with Gasteiger partial charge in [-0.2, -0.15) is 0 Å². The summed E-state index contributed by atoms with van der Waals surface area (Å²) in [6, 6.07) is 34.3. The van der Waals surface area contributed by atoms with Crippen molar-refractivity contribution in [3.63, 3.8) is 0 Å². The van der Waals surface area contributed by atoms with Gasteiger partial charge in [0.15, 0.2) is 0 Å². The van der Waals surface area contributed by atoms with Crippen LogP contribution in [0.3, 0.4) is 0 Å². The second kappa shape index (κ2) is 8.82. The molecule has 0 radical (unpaired) electrons. The van der Waals surface area contributed by atoms with Crippen LogP contribution < -0.4 is 15.1 Å². The molecule has 0 atom stereocenters. The number of hydrogen-bond acceptors (Lipinski definition) is 4. The first-order valence-corrected chi connectivity index (χ1v) is 10.3. The Morgan fingerprint density at radius 1 is 0.656 bits per heavy atom. The van der Waals surface area contributed by atoms with Crippen molar-refractivity contribution in [2.24, 2.45) is 0 Å². The lowest BCUT2D eigenvalue weighted by Gasteiger charge is -2.11. The zero-order valence-electron chi connectivity index (χ0n) is 17.2. The van der Waals surface area contributed by atoms with Crippen molar-refractivity contribution >= 4 is 11.0 Å². The van der Waals surface area contributed by atoms with E-state index in [9.17, 15) is 4.79 Å². The molecule has 0 aliphatic carbocycles. The summed E-state index contributed by atoms with van der Waals surface area (Å²) in [6.07, 6.45) is 0. The number of fused-ring (bicyclic) bond motifs is 1. The van der Waals surface area contributed by atoms with Gasteiger partial charge < -0.3 is 13.9 Å². The topological polar surface area (TPSA) is 48.7 Å². The van der Waals surface area contributed by atoms with Gasteiger partial charge in [0.2, 0.25) is 0 Å². The average Bonchev–Trinajstić information content (AvgIpc) is 2.84. The number of ether oxygens (including phenoxy) is 2. The fraction of sp³-hybridized carbons (Fsp3) is 0.0357. The summed E-state index contributed by atoms with van der Waals surface area (Å²) >= 11 is 0. The summed E-state index contributed by atoms with van der Waals surface area (Å²) in [5, 5.41) is 0.873. The van der Waals surface area contributed by atoms with Crippen LogP contribution in [0.4, 0.5) is 0 Å². The summed E-state index contributed by atoms with van der Waals surface area (Å²) in [7, 11) is 0. The molecule has 0 N–H and O–H groups in total. The first kappa shape index (κ1) is 19.6. The molecule has 0 unspecified atom stereocenters. The van der Waals surface area contributed by atoms with Crippen molar-refractivity contribution < 1.29 is 13.9 Å². The molecule has 4 heteroatoms. The van der Waals surface area contributed by atoms with Crippen LogP contribution in [-0.2, 0) is 6.61 Å². The molecule has 0 aliphatic rings. The van der Waals surface area contributed by atoms with Crippen LogP contribution in [0.2, 0.25) is 0 Å². The lowest BCUT2D eigenvalue weighted by Crippen LogP contribution is -2.00. The molecular formula is C28H20O4. The van der Waals surface area contributed by atoms with Crippen molar-refractivity contribution in [3.8, 4) is 28.4 Å². The molecule has 1 aromatic heterocycles. The van der Waals surface area contributed by atoms with E-state index in [1.54, 1.807) is 0 Å². The van der Waals surface area contributed by atoms with Gasteiger partial charge in [0.1, 0.15) is 29.4 Å². The maximum absolute atomic E-state index is 12.0. The van der Waals surface area contributed by atoms with Crippen LogP contribution in [0.15, 0.2) is 118 Å². The van der Waals surface area contributed by atoms with E-state index in [2.05, 4.69) is 0 Å². The van der Waals surface area contributed by atoms with Crippen LogP contribution >= 0.6 is 0 Å². The smallest absolute Gasteiger partial charge is 0.336 e. The second-order valence-corrected chi connectivity index (χ2v) is 7.35. The van der Waals surface area contributed by atoms with E-state index in [0.717, 1.165) is 27.8 Å². The molecule has 0 saturated heterocycles. The first-order valence-electron chi connectivity index (χ1n) is 10.3. The molecule has 4 aromatic carbocycles. The SMILES string of the molecule is O=c1cc(-c2ccccc2)c2cc(COc3cccc(Oc4ccccc4)c3)ccc2o1. The van der Waals surface area contributed by atoms with Crippen LogP contribution in [-0.4, -0.2) is 0 Å². The monoisotopic (exact) mass is 420 g/mol. The Morgan fingerprint density at radius 3 is 2.19 bits per heavy atom. The van der Waals surface area contributed by atoms with Crippen molar-refractivity contribution in [3.05, 3.63) is 125 Å². The van der Waals surface area contributed by atoms with E-state index in [0.29, 0.717) is 23.7 Å². The minimum Gasteiger partial charge on any atom is -0.489 e. The van der Waals surface area contributed by atoms with Gasteiger partial charge in [-0.15, -0.1) is 0 Å². The normalized spacial score (nSPS) is 10.8. The standard InChI is InChI=1S/C28H20O4/c29-28-18-25(21-8-3-1-4-9-21)26-16-20(14-15-27(26)32-28)19-30-23-12-7-13-24(17-23)31-22-10-5-2-6-11-22/h1-18H,19H2. The second-order valence-electron chi connectivity index (χ2n) is 7.35. The van der Waals surface area contributed by atoms with Gasteiger partial charge >= 0.3 is 5.63 Å². The highest BCUT2D eigenvalue weighted by Crippen LogP contribution is 2.29. The Hall–Kier alpha value is -4.31. The Kier molecular flexibility index (Phi) is 5.41. The maximum Gasteiger partial charge on any atom is 0.336 e. The predicted octanol–water partition coefficient (Wildman–Crippen LogP) is 6.83. The van der Waals surface area contributed by atoms with Gasteiger partial charge in [-0.3, -0.25) is 0 Å². The van der Waals surface area contributed by atoms with Gasteiger partial charge in [0.05, 0.1) is 0 Å². The average molecular weight is 420 g/mol. The molecule has 5 rings (SSSR count).